The first-order valence-electron chi connectivity index (χ1n) is 9.49. The molecule has 0 N–H and O–H groups in total. The lowest BCUT2D eigenvalue weighted by atomic mass is 9.77. The van der Waals surface area contributed by atoms with Crippen molar-refractivity contribution in [3.63, 3.8) is 0 Å². The third kappa shape index (κ3) is 3.17. The highest BCUT2D eigenvalue weighted by atomic mass is 35.5. The van der Waals surface area contributed by atoms with Crippen molar-refractivity contribution in [2.45, 2.75) is 45.4 Å². The number of ketones is 1. The molecule has 0 fully saturated rings. The van der Waals surface area contributed by atoms with Crippen molar-refractivity contribution in [3.8, 4) is 0 Å². The molecule has 28 heavy (non-hydrogen) atoms. The van der Waals surface area contributed by atoms with Crippen molar-refractivity contribution in [2.75, 3.05) is 4.90 Å². The molecule has 2 aromatic carbocycles. The van der Waals surface area contributed by atoms with Crippen LogP contribution in [0.5, 0.6) is 0 Å². The first-order chi connectivity index (χ1) is 13.4. The normalized spacial score (nSPS) is 19.9. The molecule has 2 aromatic rings. The standard InChI is InChI=1S/C23H21Cl2NO2/c1-13-9-10-14(2)19(11-13)26-18-7-4-8-20(27)23(18)15(12-21(26)28)22-16(24)5-3-6-17(22)25/h3,5-6,9-11,15H,4,7-8,12H2,1-2H3. The van der Waals surface area contributed by atoms with E-state index in [0.29, 0.717) is 34.0 Å². The summed E-state index contributed by atoms with van der Waals surface area (Å²) in [5.41, 5.74) is 5.13. The van der Waals surface area contributed by atoms with Gasteiger partial charge in [0.05, 0.1) is 5.69 Å². The molecule has 1 amide bonds. The molecule has 0 radical (unpaired) electrons. The van der Waals surface area contributed by atoms with E-state index in [1.165, 1.54) is 0 Å². The second-order valence-electron chi connectivity index (χ2n) is 7.55. The maximum absolute atomic E-state index is 13.3. The van der Waals surface area contributed by atoms with Gasteiger partial charge in [-0.2, -0.15) is 0 Å². The van der Waals surface area contributed by atoms with Gasteiger partial charge in [-0.3, -0.25) is 14.5 Å². The molecule has 4 rings (SSSR count). The summed E-state index contributed by atoms with van der Waals surface area (Å²) >= 11 is 12.9. The predicted molar refractivity (Wildman–Crippen MR) is 113 cm³/mol. The molecule has 0 saturated carbocycles. The van der Waals surface area contributed by atoms with Gasteiger partial charge in [-0.15, -0.1) is 0 Å². The number of anilines is 1. The fourth-order valence-electron chi connectivity index (χ4n) is 4.32. The molecule has 1 aliphatic carbocycles. The van der Waals surface area contributed by atoms with Crippen LogP contribution in [0.2, 0.25) is 10.0 Å². The van der Waals surface area contributed by atoms with Crippen LogP contribution in [0.3, 0.4) is 0 Å². The lowest BCUT2D eigenvalue weighted by Crippen LogP contribution is -2.41. The van der Waals surface area contributed by atoms with Crippen LogP contribution in [0.4, 0.5) is 5.69 Å². The molecule has 0 spiro atoms. The van der Waals surface area contributed by atoms with Crippen LogP contribution in [-0.4, -0.2) is 11.7 Å². The van der Waals surface area contributed by atoms with Crippen LogP contribution in [0, 0.1) is 13.8 Å². The van der Waals surface area contributed by atoms with Crippen molar-refractivity contribution in [1.29, 1.82) is 0 Å². The highest BCUT2D eigenvalue weighted by Crippen LogP contribution is 2.47. The van der Waals surface area contributed by atoms with Gasteiger partial charge in [-0.25, -0.2) is 0 Å². The number of allylic oxidation sites excluding steroid dienone is 2. The topological polar surface area (TPSA) is 37.4 Å². The zero-order valence-corrected chi connectivity index (χ0v) is 17.4. The molecule has 0 aromatic heterocycles. The first kappa shape index (κ1) is 19.2. The quantitative estimate of drug-likeness (QED) is 0.592. The fraction of sp³-hybridized carbons (Fsp3) is 0.304. The lowest BCUT2D eigenvalue weighted by molar-refractivity contribution is -0.119. The second kappa shape index (κ2) is 7.38. The van der Waals surface area contributed by atoms with Gasteiger partial charge in [0.1, 0.15) is 0 Å². The van der Waals surface area contributed by atoms with E-state index < -0.39 is 5.92 Å². The number of Topliss-reactive ketones (excluding diaryl/α,β-unsaturated/α-hetero) is 1. The highest BCUT2D eigenvalue weighted by Gasteiger charge is 2.41. The summed E-state index contributed by atoms with van der Waals surface area (Å²) in [6.45, 7) is 3.99. The largest absolute Gasteiger partial charge is 0.294 e. The van der Waals surface area contributed by atoms with Crippen molar-refractivity contribution in [3.05, 3.63) is 74.4 Å². The first-order valence-corrected chi connectivity index (χ1v) is 10.2. The van der Waals surface area contributed by atoms with Crippen molar-refractivity contribution in [1.82, 2.24) is 0 Å². The Morgan fingerprint density at radius 3 is 2.43 bits per heavy atom. The molecule has 5 heteroatoms. The summed E-state index contributed by atoms with van der Waals surface area (Å²) < 4.78 is 0. The van der Waals surface area contributed by atoms with Gasteiger partial charge < -0.3 is 0 Å². The number of aryl methyl sites for hydroxylation is 2. The second-order valence-corrected chi connectivity index (χ2v) is 8.36. The minimum Gasteiger partial charge on any atom is -0.294 e. The maximum Gasteiger partial charge on any atom is 0.232 e. The van der Waals surface area contributed by atoms with Crippen LogP contribution in [0.1, 0.15) is 48.3 Å². The summed E-state index contributed by atoms with van der Waals surface area (Å²) in [5, 5.41) is 0.992. The van der Waals surface area contributed by atoms with E-state index in [2.05, 4.69) is 0 Å². The number of benzene rings is 2. The minimum atomic E-state index is -0.391. The highest BCUT2D eigenvalue weighted by molar-refractivity contribution is 6.36. The van der Waals surface area contributed by atoms with Crippen molar-refractivity contribution in [2.24, 2.45) is 0 Å². The summed E-state index contributed by atoms with van der Waals surface area (Å²) in [6.07, 6.45) is 2.11. The number of carbonyl (C=O) groups excluding carboxylic acids is 2. The lowest BCUT2D eigenvalue weighted by Gasteiger charge is -2.39. The average Bonchev–Trinajstić information content (AvgIpc) is 2.64. The van der Waals surface area contributed by atoms with Gasteiger partial charge in [0.15, 0.2) is 5.78 Å². The number of amides is 1. The van der Waals surface area contributed by atoms with Gasteiger partial charge in [0, 0.05) is 40.1 Å². The van der Waals surface area contributed by atoms with E-state index in [-0.39, 0.29) is 18.1 Å². The van der Waals surface area contributed by atoms with Crippen LogP contribution >= 0.6 is 23.2 Å². The molecule has 144 valence electrons. The van der Waals surface area contributed by atoms with E-state index in [9.17, 15) is 9.59 Å². The molecule has 3 nitrogen and oxygen atoms in total. The van der Waals surface area contributed by atoms with Crippen LogP contribution in [0.25, 0.3) is 0 Å². The maximum atomic E-state index is 13.3. The van der Waals surface area contributed by atoms with E-state index in [1.54, 1.807) is 23.1 Å². The summed E-state index contributed by atoms with van der Waals surface area (Å²) in [5.74, 6) is -0.328. The number of carbonyl (C=O) groups is 2. The monoisotopic (exact) mass is 413 g/mol. The zero-order valence-electron chi connectivity index (χ0n) is 15.9. The van der Waals surface area contributed by atoms with Gasteiger partial charge in [0.2, 0.25) is 5.91 Å². The van der Waals surface area contributed by atoms with Crippen LogP contribution in [0.15, 0.2) is 47.7 Å². The molecular formula is C23H21Cl2NO2. The Balaban J connectivity index is 1.94. The van der Waals surface area contributed by atoms with Crippen LogP contribution in [-0.2, 0) is 9.59 Å². The van der Waals surface area contributed by atoms with Gasteiger partial charge in [0.25, 0.3) is 0 Å². The van der Waals surface area contributed by atoms with Gasteiger partial charge >= 0.3 is 0 Å². The molecule has 1 atom stereocenters. The molecule has 1 unspecified atom stereocenters. The Kier molecular flexibility index (Phi) is 5.07. The number of hydrogen-bond acceptors (Lipinski definition) is 2. The van der Waals surface area contributed by atoms with Crippen molar-refractivity contribution >= 4 is 40.6 Å². The third-order valence-corrected chi connectivity index (χ3v) is 6.29. The van der Waals surface area contributed by atoms with Gasteiger partial charge in [-0.05, 0) is 61.6 Å². The third-order valence-electron chi connectivity index (χ3n) is 5.63. The number of hydrogen-bond donors (Lipinski definition) is 0. The smallest absolute Gasteiger partial charge is 0.232 e. The summed E-state index contributed by atoms with van der Waals surface area (Å²) in [7, 11) is 0. The van der Waals surface area contributed by atoms with Crippen molar-refractivity contribution < 1.29 is 9.59 Å². The number of rotatable bonds is 2. The molecule has 0 bridgehead atoms. The molecule has 0 saturated heterocycles. The fourth-order valence-corrected chi connectivity index (χ4v) is 4.98. The Bertz CT molecular complexity index is 1010. The number of halogens is 2. The van der Waals surface area contributed by atoms with Crippen LogP contribution < -0.4 is 4.90 Å². The molecule has 2 aliphatic rings. The Morgan fingerprint density at radius 1 is 1.00 bits per heavy atom. The molecular weight excluding hydrogens is 393 g/mol. The minimum absolute atomic E-state index is 0.0249. The summed E-state index contributed by atoms with van der Waals surface area (Å²) in [4.78, 5) is 28.1. The predicted octanol–water partition coefficient (Wildman–Crippen LogP) is 6.14. The molecule has 1 aliphatic heterocycles. The van der Waals surface area contributed by atoms with E-state index in [0.717, 1.165) is 28.9 Å². The van der Waals surface area contributed by atoms with E-state index >= 15 is 0 Å². The Morgan fingerprint density at radius 2 is 1.71 bits per heavy atom. The van der Waals surface area contributed by atoms with Gasteiger partial charge in [-0.1, -0.05) is 41.4 Å². The SMILES string of the molecule is Cc1ccc(C)c(N2C(=O)CC(c3c(Cl)cccc3Cl)C3=C2CCCC3=O)c1. The Labute approximate surface area is 174 Å². The summed E-state index contributed by atoms with van der Waals surface area (Å²) in [6, 6.07) is 11.4. The number of nitrogens with zero attached hydrogens (tertiary/aromatic N) is 1. The average molecular weight is 414 g/mol. The van der Waals surface area contributed by atoms with E-state index in [1.807, 2.05) is 32.0 Å². The Hall–Kier alpha value is -2.10. The molecule has 1 heterocycles. The van der Waals surface area contributed by atoms with E-state index in [4.69, 9.17) is 23.2 Å². The zero-order chi connectivity index (χ0) is 20.0.